The Balaban J connectivity index is 2.75. The van der Waals surface area contributed by atoms with Crippen LogP contribution in [0.2, 0.25) is 0 Å². The van der Waals surface area contributed by atoms with Crippen molar-refractivity contribution >= 4 is 17.3 Å². The Morgan fingerprint density at radius 3 is 3.00 bits per heavy atom. The average molecular weight is 241 g/mol. The summed E-state index contributed by atoms with van der Waals surface area (Å²) >= 11 is 0. The van der Waals surface area contributed by atoms with Crippen LogP contribution in [-0.4, -0.2) is 40.7 Å². The fourth-order valence-electron chi connectivity index (χ4n) is 1.16. The fourth-order valence-corrected chi connectivity index (χ4v) is 1.16. The number of hydrogen-bond acceptors (Lipinski definition) is 6. The minimum atomic E-state index is -1.14. The molecule has 1 heterocycles. The number of rotatable bonds is 6. The predicted octanol–water partition coefficient (Wildman–Crippen LogP) is 0.501. The van der Waals surface area contributed by atoms with Gasteiger partial charge < -0.3 is 15.2 Å². The van der Waals surface area contributed by atoms with E-state index in [2.05, 4.69) is 15.0 Å². The number of aliphatic carboxylic acids is 1. The summed E-state index contributed by atoms with van der Waals surface area (Å²) in [6.07, 6.45) is 1.39. The molecule has 0 radical (unpaired) electrons. The molecular formula is C9H11N3O5. The molecule has 92 valence electrons. The zero-order chi connectivity index (χ0) is 12.8. The van der Waals surface area contributed by atoms with Crippen LogP contribution < -0.4 is 5.32 Å². The van der Waals surface area contributed by atoms with Crippen molar-refractivity contribution in [2.75, 3.05) is 19.0 Å². The molecule has 0 aliphatic carbocycles. The van der Waals surface area contributed by atoms with Gasteiger partial charge in [0.05, 0.1) is 11.5 Å². The third-order valence-corrected chi connectivity index (χ3v) is 2.03. The number of carbonyl (C=O) groups is 1. The first kappa shape index (κ1) is 12.8. The second-order valence-electron chi connectivity index (χ2n) is 3.09. The number of anilines is 1. The van der Waals surface area contributed by atoms with Gasteiger partial charge in [-0.2, -0.15) is 0 Å². The van der Waals surface area contributed by atoms with E-state index in [4.69, 9.17) is 5.11 Å². The molecule has 0 aromatic carbocycles. The highest BCUT2D eigenvalue weighted by molar-refractivity contribution is 5.73. The van der Waals surface area contributed by atoms with Crippen LogP contribution >= 0.6 is 0 Å². The molecule has 0 fully saturated rings. The maximum atomic E-state index is 10.7. The number of nitrogens with one attached hydrogen (secondary N) is 1. The Morgan fingerprint density at radius 1 is 1.76 bits per heavy atom. The molecule has 2 N–H and O–H groups in total. The minimum absolute atomic E-state index is 0.0727. The van der Waals surface area contributed by atoms with Gasteiger partial charge in [0.1, 0.15) is 11.9 Å². The van der Waals surface area contributed by atoms with Crippen molar-refractivity contribution in [1.29, 1.82) is 0 Å². The molecule has 0 saturated heterocycles. The van der Waals surface area contributed by atoms with Crippen LogP contribution in [0.4, 0.5) is 11.4 Å². The van der Waals surface area contributed by atoms with Gasteiger partial charge in [0.15, 0.2) is 6.10 Å². The first-order valence-corrected chi connectivity index (χ1v) is 4.64. The van der Waals surface area contributed by atoms with Crippen LogP contribution in [-0.2, 0) is 9.53 Å². The largest absolute Gasteiger partial charge is 0.479 e. The molecule has 0 amide bonds. The topological polar surface area (TPSA) is 115 Å². The van der Waals surface area contributed by atoms with Crippen molar-refractivity contribution < 1.29 is 19.6 Å². The lowest BCUT2D eigenvalue weighted by Gasteiger charge is -2.12. The lowest BCUT2D eigenvalue weighted by atomic mass is 10.3. The zero-order valence-corrected chi connectivity index (χ0v) is 8.99. The van der Waals surface area contributed by atoms with Crippen LogP contribution in [0.25, 0.3) is 0 Å². The second kappa shape index (κ2) is 5.75. The summed E-state index contributed by atoms with van der Waals surface area (Å²) in [4.78, 5) is 24.3. The number of carboxylic acids is 1. The van der Waals surface area contributed by atoms with E-state index in [1.807, 2.05) is 0 Å². The van der Waals surface area contributed by atoms with Gasteiger partial charge in [-0.05, 0) is 6.07 Å². The van der Waals surface area contributed by atoms with Gasteiger partial charge in [-0.25, -0.2) is 4.79 Å². The standard InChI is InChI=1S/C9H11N3O5/c1-17-8(9(13)14)5-11-6-2-3-10-4-7(6)12(15)16/h2-4,8H,5H2,1H3,(H,10,11)(H,13,14). The summed E-state index contributed by atoms with van der Waals surface area (Å²) in [5, 5.41) is 22.0. The van der Waals surface area contributed by atoms with E-state index >= 15 is 0 Å². The number of nitrogens with zero attached hydrogens (tertiary/aromatic N) is 2. The summed E-state index contributed by atoms with van der Waals surface area (Å²) in [7, 11) is 1.25. The van der Waals surface area contributed by atoms with Crippen LogP contribution in [0.3, 0.4) is 0 Å². The summed E-state index contributed by atoms with van der Waals surface area (Å²) in [5.41, 5.74) is -0.0129. The van der Waals surface area contributed by atoms with Gasteiger partial charge in [0.2, 0.25) is 0 Å². The molecule has 0 spiro atoms. The number of methoxy groups -OCH3 is 1. The molecule has 0 bridgehead atoms. The second-order valence-corrected chi connectivity index (χ2v) is 3.09. The molecule has 1 unspecified atom stereocenters. The van der Waals surface area contributed by atoms with Crippen molar-refractivity contribution in [1.82, 2.24) is 4.98 Å². The first-order valence-electron chi connectivity index (χ1n) is 4.64. The molecule has 0 aliphatic heterocycles. The monoisotopic (exact) mass is 241 g/mol. The van der Waals surface area contributed by atoms with Crippen molar-refractivity contribution in [3.8, 4) is 0 Å². The number of carboxylic acid groups (broad SMARTS) is 1. The first-order chi connectivity index (χ1) is 8.06. The van der Waals surface area contributed by atoms with Gasteiger partial charge >= 0.3 is 11.7 Å². The molecule has 0 aliphatic rings. The number of ether oxygens (including phenoxy) is 1. The molecule has 17 heavy (non-hydrogen) atoms. The van der Waals surface area contributed by atoms with E-state index in [9.17, 15) is 14.9 Å². The van der Waals surface area contributed by atoms with E-state index in [0.29, 0.717) is 0 Å². The molecule has 1 aromatic heterocycles. The lowest BCUT2D eigenvalue weighted by Crippen LogP contribution is -2.30. The number of aromatic nitrogens is 1. The van der Waals surface area contributed by atoms with Crippen molar-refractivity contribution in [2.45, 2.75) is 6.10 Å². The summed E-state index contributed by atoms with van der Waals surface area (Å²) in [6.45, 7) is -0.0727. The molecule has 1 rings (SSSR count). The van der Waals surface area contributed by atoms with Crippen LogP contribution in [0, 0.1) is 10.1 Å². The molecule has 8 heteroatoms. The van der Waals surface area contributed by atoms with E-state index < -0.39 is 17.0 Å². The van der Waals surface area contributed by atoms with Crippen molar-refractivity contribution in [2.24, 2.45) is 0 Å². The van der Waals surface area contributed by atoms with Crippen LogP contribution in [0.5, 0.6) is 0 Å². The SMILES string of the molecule is COC(CNc1ccncc1[N+](=O)[O-])C(=O)O. The third-order valence-electron chi connectivity index (χ3n) is 2.03. The van der Waals surface area contributed by atoms with Crippen LogP contribution in [0.1, 0.15) is 0 Å². The highest BCUT2D eigenvalue weighted by Gasteiger charge is 2.18. The number of hydrogen-bond donors (Lipinski definition) is 2. The summed E-state index contributed by atoms with van der Waals surface area (Å²) in [5.74, 6) is -1.14. The normalized spacial score (nSPS) is 11.8. The van der Waals surface area contributed by atoms with E-state index in [0.717, 1.165) is 6.20 Å². The maximum absolute atomic E-state index is 10.7. The molecule has 8 nitrogen and oxygen atoms in total. The smallest absolute Gasteiger partial charge is 0.334 e. The summed E-state index contributed by atoms with van der Waals surface area (Å²) < 4.78 is 4.69. The van der Waals surface area contributed by atoms with Gasteiger partial charge in [0, 0.05) is 13.3 Å². The van der Waals surface area contributed by atoms with E-state index in [1.54, 1.807) is 0 Å². The Hall–Kier alpha value is -2.22. The number of pyridine rings is 1. The van der Waals surface area contributed by atoms with E-state index in [1.165, 1.54) is 19.4 Å². The predicted molar refractivity (Wildman–Crippen MR) is 57.8 cm³/mol. The van der Waals surface area contributed by atoms with Crippen molar-refractivity contribution in [3.63, 3.8) is 0 Å². The Kier molecular flexibility index (Phi) is 4.35. The Labute approximate surface area is 96.4 Å². The zero-order valence-electron chi connectivity index (χ0n) is 8.99. The minimum Gasteiger partial charge on any atom is -0.479 e. The molecule has 1 atom stereocenters. The Bertz CT molecular complexity index is 423. The van der Waals surface area contributed by atoms with Crippen molar-refractivity contribution in [3.05, 3.63) is 28.6 Å². The van der Waals surface area contributed by atoms with Crippen LogP contribution in [0.15, 0.2) is 18.5 Å². The molecule has 1 aromatic rings. The lowest BCUT2D eigenvalue weighted by molar-refractivity contribution is -0.384. The fraction of sp³-hybridized carbons (Fsp3) is 0.333. The van der Waals surface area contributed by atoms with Gasteiger partial charge in [-0.1, -0.05) is 0 Å². The molecule has 0 saturated carbocycles. The van der Waals surface area contributed by atoms with Gasteiger partial charge in [-0.3, -0.25) is 15.1 Å². The number of nitro groups is 1. The quantitative estimate of drug-likeness (QED) is 0.550. The highest BCUT2D eigenvalue weighted by Crippen LogP contribution is 2.21. The third kappa shape index (κ3) is 3.38. The molecular weight excluding hydrogens is 230 g/mol. The van der Waals surface area contributed by atoms with E-state index in [-0.39, 0.29) is 17.9 Å². The average Bonchev–Trinajstić information content (AvgIpc) is 2.29. The Morgan fingerprint density at radius 2 is 2.47 bits per heavy atom. The highest BCUT2D eigenvalue weighted by atomic mass is 16.6. The van der Waals surface area contributed by atoms with Gasteiger partial charge in [-0.15, -0.1) is 0 Å². The maximum Gasteiger partial charge on any atom is 0.334 e. The van der Waals surface area contributed by atoms with Gasteiger partial charge in [0.25, 0.3) is 0 Å². The summed E-state index contributed by atoms with van der Waals surface area (Å²) in [6, 6.07) is 1.40.